The van der Waals surface area contributed by atoms with Gasteiger partial charge in [0.2, 0.25) is 17.8 Å². The van der Waals surface area contributed by atoms with Crippen LogP contribution in [0.2, 0.25) is 0 Å². The smallest absolute Gasteiger partial charge is 0.255 e. The number of hydrogen-bond donors (Lipinski definition) is 3. The lowest BCUT2D eigenvalue weighted by molar-refractivity contribution is -0.136. The summed E-state index contributed by atoms with van der Waals surface area (Å²) >= 11 is 0. The van der Waals surface area contributed by atoms with Crippen molar-refractivity contribution in [2.75, 3.05) is 29.5 Å². The highest BCUT2D eigenvalue weighted by Gasteiger charge is 2.39. The first-order chi connectivity index (χ1) is 23.7. The molecule has 256 valence electrons. The van der Waals surface area contributed by atoms with Crippen molar-refractivity contribution < 1.29 is 18.6 Å². The molecule has 0 spiro atoms. The number of carbonyl (C=O) groups is 3. The van der Waals surface area contributed by atoms with Crippen molar-refractivity contribution in [1.29, 1.82) is 0 Å². The fourth-order valence-electron chi connectivity index (χ4n) is 7.95. The first-order valence-corrected chi connectivity index (χ1v) is 18.9. The maximum Gasteiger partial charge on any atom is 0.255 e. The van der Waals surface area contributed by atoms with E-state index in [-0.39, 0.29) is 29.7 Å². The Morgan fingerprint density at radius 1 is 0.980 bits per heavy atom. The van der Waals surface area contributed by atoms with Gasteiger partial charge in [0.25, 0.3) is 5.91 Å². The number of rotatable bonds is 9. The number of aryl methyl sites for hydroxylation is 1. The number of likely N-dealkylation sites (tertiary alicyclic amines) is 1. The zero-order chi connectivity index (χ0) is 33.7. The minimum absolute atomic E-state index is 0.0178. The second-order valence-corrected chi connectivity index (χ2v) is 16.1. The van der Waals surface area contributed by atoms with Crippen LogP contribution in [0.5, 0.6) is 0 Å². The molecule has 3 fully saturated rings. The van der Waals surface area contributed by atoms with Crippen molar-refractivity contribution in [3.63, 3.8) is 0 Å². The SMILES string of the molecule is CC1(Nc2nc(NCc3ccc(CN4CCC(c5ccc6c(c5)CN(C5CCC(=O)NC5=O)C6=O)CC4)cc3)nc3c2S(=O)CC3)CCC1. The number of imide groups is 1. The van der Waals surface area contributed by atoms with Crippen molar-refractivity contribution in [3.8, 4) is 0 Å². The summed E-state index contributed by atoms with van der Waals surface area (Å²) in [6.45, 7) is 6.14. The van der Waals surface area contributed by atoms with Crippen LogP contribution in [0, 0.1) is 0 Å². The van der Waals surface area contributed by atoms with E-state index in [4.69, 9.17) is 9.97 Å². The molecular weight excluding hydrogens is 639 g/mol. The summed E-state index contributed by atoms with van der Waals surface area (Å²) in [4.78, 5) is 51.5. The van der Waals surface area contributed by atoms with Gasteiger partial charge in [0.1, 0.15) is 16.8 Å². The zero-order valence-electron chi connectivity index (χ0n) is 27.9. The lowest BCUT2D eigenvalue weighted by Crippen LogP contribution is -2.52. The van der Waals surface area contributed by atoms with Crippen LogP contribution in [0.1, 0.15) is 96.1 Å². The van der Waals surface area contributed by atoms with E-state index in [1.54, 1.807) is 4.90 Å². The summed E-state index contributed by atoms with van der Waals surface area (Å²) in [5.41, 5.74) is 6.25. The van der Waals surface area contributed by atoms with Crippen LogP contribution in [0.4, 0.5) is 11.8 Å². The average Bonchev–Trinajstić information content (AvgIpc) is 3.62. The molecule has 11 nitrogen and oxygen atoms in total. The van der Waals surface area contributed by atoms with Gasteiger partial charge in [0, 0.05) is 49.3 Å². The molecule has 5 aliphatic rings. The average molecular weight is 682 g/mol. The molecule has 5 heterocycles. The van der Waals surface area contributed by atoms with Gasteiger partial charge in [0.05, 0.1) is 16.5 Å². The number of nitrogens with one attached hydrogen (secondary N) is 3. The second-order valence-electron chi connectivity index (χ2n) is 14.5. The van der Waals surface area contributed by atoms with Gasteiger partial charge in [-0.1, -0.05) is 36.4 Å². The molecule has 1 aromatic heterocycles. The molecule has 49 heavy (non-hydrogen) atoms. The Morgan fingerprint density at radius 2 is 1.76 bits per heavy atom. The van der Waals surface area contributed by atoms with Crippen LogP contribution in [-0.4, -0.2) is 72.1 Å². The number of benzene rings is 2. The summed E-state index contributed by atoms with van der Waals surface area (Å²) in [6.07, 6.45) is 6.85. The molecule has 3 aromatic rings. The Bertz CT molecular complexity index is 1830. The number of fused-ring (bicyclic) bond motifs is 2. The topological polar surface area (TPSA) is 137 Å². The summed E-state index contributed by atoms with van der Waals surface area (Å²) in [5, 5.41) is 9.37. The van der Waals surface area contributed by atoms with Crippen molar-refractivity contribution in [3.05, 3.63) is 76.0 Å². The second kappa shape index (κ2) is 12.9. The van der Waals surface area contributed by atoms with Crippen LogP contribution < -0.4 is 16.0 Å². The van der Waals surface area contributed by atoms with Gasteiger partial charge in [-0.15, -0.1) is 0 Å². The van der Waals surface area contributed by atoms with Gasteiger partial charge >= 0.3 is 0 Å². The van der Waals surface area contributed by atoms with Crippen molar-refractivity contribution in [1.82, 2.24) is 25.1 Å². The summed E-state index contributed by atoms with van der Waals surface area (Å²) in [6, 6.07) is 14.3. The third-order valence-electron chi connectivity index (χ3n) is 11.1. The third kappa shape index (κ3) is 6.48. The summed E-state index contributed by atoms with van der Waals surface area (Å²) in [5.74, 6) is 1.59. The number of hydrogen-bond acceptors (Lipinski definition) is 9. The first kappa shape index (κ1) is 32.1. The molecule has 4 aliphatic heterocycles. The van der Waals surface area contributed by atoms with Gasteiger partial charge < -0.3 is 15.5 Å². The lowest BCUT2D eigenvalue weighted by Gasteiger charge is -2.40. The number of amides is 3. The highest BCUT2D eigenvalue weighted by molar-refractivity contribution is 7.85. The summed E-state index contributed by atoms with van der Waals surface area (Å²) < 4.78 is 12.7. The Balaban J connectivity index is 0.837. The van der Waals surface area contributed by atoms with Crippen molar-refractivity contribution in [2.24, 2.45) is 0 Å². The molecule has 2 unspecified atom stereocenters. The Kier molecular flexibility index (Phi) is 8.47. The van der Waals surface area contributed by atoms with E-state index in [9.17, 15) is 18.6 Å². The van der Waals surface area contributed by atoms with E-state index in [0.29, 0.717) is 42.7 Å². The van der Waals surface area contributed by atoms with Crippen LogP contribution >= 0.6 is 0 Å². The molecule has 1 aliphatic carbocycles. The van der Waals surface area contributed by atoms with Gasteiger partial charge in [-0.3, -0.25) is 28.8 Å². The van der Waals surface area contributed by atoms with Crippen molar-refractivity contribution in [2.45, 2.75) is 100 Å². The Morgan fingerprint density at radius 3 is 2.49 bits per heavy atom. The van der Waals surface area contributed by atoms with E-state index in [1.807, 2.05) is 6.07 Å². The van der Waals surface area contributed by atoms with Crippen LogP contribution in [0.25, 0.3) is 0 Å². The van der Waals surface area contributed by atoms with E-state index < -0.39 is 16.8 Å². The van der Waals surface area contributed by atoms with Gasteiger partial charge in [0.15, 0.2) is 0 Å². The fourth-order valence-corrected chi connectivity index (χ4v) is 9.26. The molecule has 2 saturated heterocycles. The summed E-state index contributed by atoms with van der Waals surface area (Å²) in [7, 11) is -1.04. The highest BCUT2D eigenvalue weighted by atomic mass is 32.2. The van der Waals surface area contributed by atoms with Crippen LogP contribution in [0.3, 0.4) is 0 Å². The van der Waals surface area contributed by atoms with Crippen LogP contribution in [-0.2, 0) is 46.4 Å². The minimum atomic E-state index is -1.04. The van der Waals surface area contributed by atoms with Gasteiger partial charge in [-0.05, 0) is 92.8 Å². The Labute approximate surface area is 289 Å². The minimum Gasteiger partial charge on any atom is -0.364 e. The number of carbonyl (C=O) groups excluding carboxylic acids is 3. The standard InChI is InChI=1S/C37H43N7O4S/c1-37(14-2-15-37)42-33-32-29(13-18-49(32)48)39-36(41-33)38-20-23-3-5-24(6-4-23)21-43-16-11-25(12-17-43)26-7-8-28-27(19-26)22-44(35(28)47)30-9-10-31(45)40-34(30)46/h3-8,19,25,30H,2,9-18,20-22H2,1H3,(H,40,45,46)(H2,38,39,41,42). The first-order valence-electron chi connectivity index (χ1n) is 17.6. The van der Waals surface area contributed by atoms with Crippen LogP contribution in [0.15, 0.2) is 47.4 Å². The number of aromatic nitrogens is 2. The Hall–Kier alpha value is -4.16. The maximum absolute atomic E-state index is 13.1. The van der Waals surface area contributed by atoms with E-state index in [0.717, 1.165) is 79.3 Å². The normalized spacial score (nSPS) is 23.5. The van der Waals surface area contributed by atoms with E-state index >= 15 is 0 Å². The molecule has 1 saturated carbocycles. The molecule has 2 aromatic carbocycles. The molecule has 12 heteroatoms. The quantitative estimate of drug-likeness (QED) is 0.283. The van der Waals surface area contributed by atoms with Crippen molar-refractivity contribution >= 4 is 40.3 Å². The molecule has 3 N–H and O–H groups in total. The monoisotopic (exact) mass is 681 g/mol. The lowest BCUT2D eigenvalue weighted by atomic mass is 9.78. The third-order valence-corrected chi connectivity index (χ3v) is 12.5. The van der Waals surface area contributed by atoms with Gasteiger partial charge in [-0.25, -0.2) is 4.98 Å². The number of nitrogens with zero attached hydrogens (tertiary/aromatic N) is 4. The largest absolute Gasteiger partial charge is 0.364 e. The van der Waals surface area contributed by atoms with Gasteiger partial charge in [-0.2, -0.15) is 4.98 Å². The number of anilines is 2. The predicted molar refractivity (Wildman–Crippen MR) is 186 cm³/mol. The molecule has 0 radical (unpaired) electrons. The fraction of sp³-hybridized carbons (Fsp3) is 0.486. The highest BCUT2D eigenvalue weighted by Crippen LogP contribution is 2.38. The van der Waals surface area contributed by atoms with E-state index in [1.165, 1.54) is 17.5 Å². The van der Waals surface area contributed by atoms with E-state index in [2.05, 4.69) is 64.2 Å². The molecule has 3 amide bonds. The molecule has 0 bridgehead atoms. The predicted octanol–water partition coefficient (Wildman–Crippen LogP) is 4.25. The zero-order valence-corrected chi connectivity index (χ0v) is 28.7. The number of piperidine rings is 2. The molecule has 8 rings (SSSR count). The molecule has 2 atom stereocenters. The molecular formula is C37H43N7O4S. The maximum atomic E-state index is 13.1.